The Kier molecular flexibility index (Phi) is 6.08. The summed E-state index contributed by atoms with van der Waals surface area (Å²) in [4.78, 5) is 26.6. The number of hydrogen-bond acceptors (Lipinski definition) is 5. The number of imidazole rings is 1. The third kappa shape index (κ3) is 4.73. The van der Waals surface area contributed by atoms with Crippen LogP contribution in [0.5, 0.6) is 0 Å². The lowest BCUT2D eigenvalue weighted by Crippen LogP contribution is -2.13. The molecule has 38 heavy (non-hydrogen) atoms. The van der Waals surface area contributed by atoms with E-state index >= 15 is 0 Å². The zero-order valence-corrected chi connectivity index (χ0v) is 20.7. The molecule has 0 spiro atoms. The molecule has 0 radical (unpaired) electrons. The van der Waals surface area contributed by atoms with Gasteiger partial charge in [0.05, 0.1) is 17.5 Å². The second kappa shape index (κ2) is 9.99. The van der Waals surface area contributed by atoms with Crippen LogP contribution in [0.2, 0.25) is 0 Å². The summed E-state index contributed by atoms with van der Waals surface area (Å²) in [5.41, 5.74) is 6.73. The van der Waals surface area contributed by atoms with Gasteiger partial charge in [-0.2, -0.15) is 0 Å². The molecule has 0 unspecified atom stereocenters. The van der Waals surface area contributed by atoms with Crippen molar-refractivity contribution in [1.29, 1.82) is 0 Å². The van der Waals surface area contributed by atoms with Crippen molar-refractivity contribution in [1.82, 2.24) is 19.5 Å². The highest BCUT2D eigenvalue weighted by molar-refractivity contribution is 6.05. The predicted octanol–water partition coefficient (Wildman–Crippen LogP) is 6.79. The van der Waals surface area contributed by atoms with E-state index in [0.717, 1.165) is 44.8 Å². The number of nitrogens with zero attached hydrogens (tertiary/aromatic N) is 4. The van der Waals surface area contributed by atoms with Crippen molar-refractivity contribution in [3.05, 3.63) is 127 Å². The van der Waals surface area contributed by atoms with E-state index in [2.05, 4.69) is 15.6 Å². The molecule has 6 rings (SSSR count). The third-order valence-electron chi connectivity index (χ3n) is 6.33. The first kappa shape index (κ1) is 23.1. The number of nitrogens with one attached hydrogen (secondary N) is 2. The number of aryl methyl sites for hydroxylation is 1. The SMILES string of the molecule is Cc1ccc(-n2ccnc2)cc1NC(=O)c1ccc(Nc2nc(-c3ccccc3)c3ccccc3n2)cc1. The molecular formula is C31H24N6O. The molecule has 0 fully saturated rings. The number of carbonyl (C=O) groups excluding carboxylic acids is 1. The summed E-state index contributed by atoms with van der Waals surface area (Å²) >= 11 is 0. The molecule has 184 valence electrons. The third-order valence-corrected chi connectivity index (χ3v) is 6.33. The van der Waals surface area contributed by atoms with Gasteiger partial charge < -0.3 is 15.2 Å². The molecule has 7 nitrogen and oxygen atoms in total. The van der Waals surface area contributed by atoms with Gasteiger partial charge in [-0.05, 0) is 55.0 Å². The van der Waals surface area contributed by atoms with Crippen molar-refractivity contribution in [2.75, 3.05) is 10.6 Å². The molecule has 0 atom stereocenters. The van der Waals surface area contributed by atoms with Crippen LogP contribution in [-0.2, 0) is 0 Å². The summed E-state index contributed by atoms with van der Waals surface area (Å²) in [6, 6.07) is 31.2. The first-order chi connectivity index (χ1) is 18.6. The van der Waals surface area contributed by atoms with Gasteiger partial charge in [0.15, 0.2) is 0 Å². The second-order valence-electron chi connectivity index (χ2n) is 8.90. The van der Waals surface area contributed by atoms with Gasteiger partial charge in [0.25, 0.3) is 5.91 Å². The lowest BCUT2D eigenvalue weighted by molar-refractivity contribution is 0.102. The maximum absolute atomic E-state index is 13.0. The minimum atomic E-state index is -0.184. The molecular weight excluding hydrogens is 472 g/mol. The number of aromatic nitrogens is 4. The zero-order valence-electron chi connectivity index (χ0n) is 20.7. The largest absolute Gasteiger partial charge is 0.324 e. The molecule has 4 aromatic carbocycles. The van der Waals surface area contributed by atoms with E-state index in [1.807, 2.05) is 103 Å². The highest BCUT2D eigenvalue weighted by Gasteiger charge is 2.12. The van der Waals surface area contributed by atoms with E-state index in [9.17, 15) is 4.79 Å². The van der Waals surface area contributed by atoms with Crippen LogP contribution in [0.3, 0.4) is 0 Å². The molecule has 2 heterocycles. The van der Waals surface area contributed by atoms with E-state index in [4.69, 9.17) is 9.97 Å². The molecule has 2 N–H and O–H groups in total. The Balaban J connectivity index is 1.22. The Morgan fingerprint density at radius 2 is 1.63 bits per heavy atom. The Morgan fingerprint density at radius 3 is 2.42 bits per heavy atom. The minimum Gasteiger partial charge on any atom is -0.324 e. The van der Waals surface area contributed by atoms with Gasteiger partial charge in [0.1, 0.15) is 0 Å². The molecule has 6 aromatic rings. The summed E-state index contributed by atoms with van der Waals surface area (Å²) in [6.45, 7) is 1.97. The number of benzene rings is 4. The normalized spacial score (nSPS) is 10.9. The maximum Gasteiger partial charge on any atom is 0.255 e. The van der Waals surface area contributed by atoms with Crippen LogP contribution >= 0.6 is 0 Å². The molecule has 0 aliphatic rings. The van der Waals surface area contributed by atoms with E-state index in [1.54, 1.807) is 24.7 Å². The van der Waals surface area contributed by atoms with Crippen LogP contribution < -0.4 is 10.6 Å². The van der Waals surface area contributed by atoms with Crippen molar-refractivity contribution in [2.24, 2.45) is 0 Å². The van der Waals surface area contributed by atoms with Gasteiger partial charge >= 0.3 is 0 Å². The van der Waals surface area contributed by atoms with Crippen LogP contribution in [-0.4, -0.2) is 25.4 Å². The average Bonchev–Trinajstić information content (AvgIpc) is 3.50. The molecule has 0 bridgehead atoms. The van der Waals surface area contributed by atoms with E-state index in [1.165, 1.54) is 0 Å². The lowest BCUT2D eigenvalue weighted by Gasteiger charge is -2.12. The molecule has 0 aliphatic heterocycles. The smallest absolute Gasteiger partial charge is 0.255 e. The Bertz CT molecular complexity index is 1730. The zero-order chi connectivity index (χ0) is 25.9. The minimum absolute atomic E-state index is 0.184. The molecule has 1 amide bonds. The summed E-state index contributed by atoms with van der Waals surface area (Å²) in [7, 11) is 0. The molecule has 7 heteroatoms. The van der Waals surface area contributed by atoms with Crippen LogP contribution in [0.4, 0.5) is 17.3 Å². The lowest BCUT2D eigenvalue weighted by atomic mass is 10.1. The van der Waals surface area contributed by atoms with Crippen LogP contribution in [0.1, 0.15) is 15.9 Å². The number of carbonyl (C=O) groups is 1. The molecule has 2 aromatic heterocycles. The number of amides is 1. The monoisotopic (exact) mass is 496 g/mol. The highest BCUT2D eigenvalue weighted by atomic mass is 16.1. The summed E-state index contributed by atoms with van der Waals surface area (Å²) in [5.74, 6) is 0.308. The fraction of sp³-hybridized carbons (Fsp3) is 0.0323. The molecule has 0 aliphatic carbocycles. The summed E-state index contributed by atoms with van der Waals surface area (Å²) in [5, 5.41) is 7.31. The van der Waals surface area contributed by atoms with Crippen molar-refractivity contribution in [2.45, 2.75) is 6.92 Å². The van der Waals surface area contributed by atoms with Crippen LogP contribution in [0, 0.1) is 6.92 Å². The van der Waals surface area contributed by atoms with Gasteiger partial charge in [-0.1, -0.05) is 54.6 Å². The number of anilines is 3. The van der Waals surface area contributed by atoms with Crippen molar-refractivity contribution in [3.8, 4) is 16.9 Å². The van der Waals surface area contributed by atoms with Crippen molar-refractivity contribution >= 4 is 34.1 Å². The Morgan fingerprint density at radius 1 is 0.842 bits per heavy atom. The maximum atomic E-state index is 13.0. The van der Waals surface area contributed by atoms with Gasteiger partial charge in [0.2, 0.25) is 5.95 Å². The highest BCUT2D eigenvalue weighted by Crippen LogP contribution is 2.28. The number of para-hydroxylation sites is 1. The van der Waals surface area contributed by atoms with E-state index in [-0.39, 0.29) is 5.91 Å². The Hall–Kier alpha value is -5.30. The van der Waals surface area contributed by atoms with Crippen molar-refractivity contribution in [3.63, 3.8) is 0 Å². The molecule has 0 saturated carbocycles. The van der Waals surface area contributed by atoms with Gasteiger partial charge in [-0.3, -0.25) is 4.79 Å². The Labute approximate surface area is 219 Å². The first-order valence-corrected chi connectivity index (χ1v) is 12.2. The van der Waals surface area contributed by atoms with Gasteiger partial charge in [-0.15, -0.1) is 0 Å². The fourth-order valence-corrected chi connectivity index (χ4v) is 4.29. The van der Waals surface area contributed by atoms with Crippen LogP contribution in [0.25, 0.3) is 27.8 Å². The van der Waals surface area contributed by atoms with Gasteiger partial charge in [0, 0.05) is 46.0 Å². The topological polar surface area (TPSA) is 84.7 Å². The van der Waals surface area contributed by atoms with E-state index < -0.39 is 0 Å². The summed E-state index contributed by atoms with van der Waals surface area (Å²) < 4.78 is 1.90. The molecule has 0 saturated heterocycles. The fourth-order valence-electron chi connectivity index (χ4n) is 4.29. The van der Waals surface area contributed by atoms with Crippen LogP contribution in [0.15, 0.2) is 116 Å². The van der Waals surface area contributed by atoms with Crippen molar-refractivity contribution < 1.29 is 4.79 Å². The quantitative estimate of drug-likeness (QED) is 0.265. The number of rotatable bonds is 6. The number of fused-ring (bicyclic) bond motifs is 1. The first-order valence-electron chi connectivity index (χ1n) is 12.2. The second-order valence-corrected chi connectivity index (χ2v) is 8.90. The average molecular weight is 497 g/mol. The summed E-state index contributed by atoms with van der Waals surface area (Å²) in [6.07, 6.45) is 5.31. The standard InChI is InChI=1S/C31H24N6O/c1-21-11-16-25(37-18-17-32-20-37)19-28(21)34-30(38)23-12-14-24(15-13-23)33-31-35-27-10-6-5-9-26(27)29(36-31)22-7-3-2-4-8-22/h2-20H,1H3,(H,34,38)(H,33,35,36). The van der Waals surface area contributed by atoms with Gasteiger partial charge in [-0.25, -0.2) is 15.0 Å². The number of hydrogen-bond donors (Lipinski definition) is 2. The predicted molar refractivity (Wildman–Crippen MR) is 151 cm³/mol. The van der Waals surface area contributed by atoms with E-state index in [0.29, 0.717) is 11.5 Å².